The number of rotatable bonds is 5. The molecule has 1 fully saturated rings. The Labute approximate surface area is 136 Å². The molecule has 0 bridgehead atoms. The zero-order valence-electron chi connectivity index (χ0n) is 13.6. The topological polar surface area (TPSA) is 62.2 Å². The van der Waals surface area contributed by atoms with E-state index < -0.39 is 0 Å². The van der Waals surface area contributed by atoms with Gasteiger partial charge in [0.1, 0.15) is 6.04 Å². The standard InChI is InChI=1S/C17H23N5O/c1-18-16(13-10-19-21(2)11-13)17(23)22-9-8-15(12-22)20-14-6-4-3-5-7-14/h3-7,10-11,15-16,18,20H,8-9,12H2,1-2H3. The van der Waals surface area contributed by atoms with Crippen molar-refractivity contribution in [1.29, 1.82) is 0 Å². The molecule has 1 aromatic carbocycles. The summed E-state index contributed by atoms with van der Waals surface area (Å²) in [5, 5.41) is 10.8. The molecule has 2 aromatic rings. The Morgan fingerprint density at radius 3 is 2.78 bits per heavy atom. The summed E-state index contributed by atoms with van der Waals surface area (Å²) >= 11 is 0. The van der Waals surface area contributed by atoms with E-state index in [1.807, 2.05) is 43.4 Å². The van der Waals surface area contributed by atoms with Crippen LogP contribution in [0.2, 0.25) is 0 Å². The lowest BCUT2D eigenvalue weighted by molar-refractivity contribution is -0.132. The highest BCUT2D eigenvalue weighted by Crippen LogP contribution is 2.20. The Balaban J connectivity index is 1.62. The number of amides is 1. The van der Waals surface area contributed by atoms with Gasteiger partial charge in [0.2, 0.25) is 5.91 Å². The number of nitrogens with zero attached hydrogens (tertiary/aromatic N) is 3. The average molecular weight is 313 g/mol. The number of anilines is 1. The molecule has 122 valence electrons. The van der Waals surface area contributed by atoms with Crippen molar-refractivity contribution < 1.29 is 4.79 Å². The van der Waals surface area contributed by atoms with Crippen LogP contribution in [-0.2, 0) is 11.8 Å². The maximum atomic E-state index is 12.8. The number of para-hydroxylation sites is 1. The molecule has 23 heavy (non-hydrogen) atoms. The van der Waals surface area contributed by atoms with Crippen molar-refractivity contribution in [2.24, 2.45) is 7.05 Å². The van der Waals surface area contributed by atoms with E-state index in [0.717, 1.165) is 30.8 Å². The molecule has 1 amide bonds. The number of carbonyl (C=O) groups is 1. The molecule has 0 radical (unpaired) electrons. The number of likely N-dealkylation sites (tertiary alicyclic amines) is 1. The Hall–Kier alpha value is -2.34. The van der Waals surface area contributed by atoms with E-state index in [4.69, 9.17) is 0 Å². The van der Waals surface area contributed by atoms with E-state index in [-0.39, 0.29) is 11.9 Å². The quantitative estimate of drug-likeness (QED) is 0.876. The molecule has 6 heteroatoms. The third-order valence-corrected chi connectivity index (χ3v) is 4.24. The summed E-state index contributed by atoms with van der Waals surface area (Å²) < 4.78 is 1.72. The molecule has 3 rings (SSSR count). The predicted octanol–water partition coefficient (Wildman–Crippen LogP) is 1.39. The van der Waals surface area contributed by atoms with Crippen LogP contribution < -0.4 is 10.6 Å². The summed E-state index contributed by atoms with van der Waals surface area (Å²) in [5.41, 5.74) is 2.00. The van der Waals surface area contributed by atoms with Gasteiger partial charge in [-0.15, -0.1) is 0 Å². The number of carbonyl (C=O) groups excluding carboxylic acids is 1. The van der Waals surface area contributed by atoms with Crippen LogP contribution in [0.4, 0.5) is 5.69 Å². The van der Waals surface area contributed by atoms with Crippen molar-refractivity contribution >= 4 is 11.6 Å². The third kappa shape index (κ3) is 3.53. The molecule has 0 spiro atoms. The largest absolute Gasteiger partial charge is 0.380 e. The van der Waals surface area contributed by atoms with E-state index >= 15 is 0 Å². The highest BCUT2D eigenvalue weighted by Gasteiger charge is 2.31. The summed E-state index contributed by atoms with van der Waals surface area (Å²) in [4.78, 5) is 14.7. The van der Waals surface area contributed by atoms with E-state index in [2.05, 4.69) is 27.9 Å². The fourth-order valence-corrected chi connectivity index (χ4v) is 3.05. The second-order valence-electron chi connectivity index (χ2n) is 5.95. The lowest BCUT2D eigenvalue weighted by atomic mass is 10.1. The minimum Gasteiger partial charge on any atom is -0.380 e. The summed E-state index contributed by atoms with van der Waals surface area (Å²) in [5.74, 6) is 0.109. The van der Waals surface area contributed by atoms with Gasteiger partial charge in [-0.3, -0.25) is 9.48 Å². The molecule has 2 atom stereocenters. The monoisotopic (exact) mass is 313 g/mol. The molecule has 2 N–H and O–H groups in total. The van der Waals surface area contributed by atoms with Gasteiger partial charge in [0.05, 0.1) is 6.20 Å². The van der Waals surface area contributed by atoms with Gasteiger partial charge in [-0.05, 0) is 25.6 Å². The van der Waals surface area contributed by atoms with Gasteiger partial charge in [0, 0.05) is 43.6 Å². The molecule has 1 saturated heterocycles. The Morgan fingerprint density at radius 1 is 1.35 bits per heavy atom. The van der Waals surface area contributed by atoms with Crippen LogP contribution in [0, 0.1) is 0 Å². The summed E-state index contributed by atoms with van der Waals surface area (Å²) in [7, 11) is 3.67. The zero-order valence-corrected chi connectivity index (χ0v) is 13.6. The Morgan fingerprint density at radius 2 is 2.13 bits per heavy atom. The smallest absolute Gasteiger partial charge is 0.244 e. The first-order valence-corrected chi connectivity index (χ1v) is 7.93. The molecule has 1 aliphatic rings. The predicted molar refractivity (Wildman–Crippen MR) is 90.1 cm³/mol. The fraction of sp³-hybridized carbons (Fsp3) is 0.412. The highest BCUT2D eigenvalue weighted by atomic mass is 16.2. The highest BCUT2D eigenvalue weighted by molar-refractivity contribution is 5.83. The van der Waals surface area contributed by atoms with Gasteiger partial charge in [-0.2, -0.15) is 5.10 Å². The van der Waals surface area contributed by atoms with E-state index in [1.165, 1.54) is 0 Å². The third-order valence-electron chi connectivity index (χ3n) is 4.24. The number of nitrogens with one attached hydrogen (secondary N) is 2. The number of hydrogen-bond donors (Lipinski definition) is 2. The van der Waals surface area contributed by atoms with E-state index in [9.17, 15) is 4.79 Å². The lowest BCUT2D eigenvalue weighted by Crippen LogP contribution is -2.39. The molecule has 2 heterocycles. The van der Waals surface area contributed by atoms with Gasteiger partial charge in [-0.25, -0.2) is 0 Å². The maximum absolute atomic E-state index is 12.8. The summed E-state index contributed by atoms with van der Waals surface area (Å²) in [6.45, 7) is 1.51. The SMILES string of the molecule is CNC(C(=O)N1CCC(Nc2ccccc2)C1)c1cnn(C)c1. The Kier molecular flexibility index (Phi) is 4.62. The maximum Gasteiger partial charge on any atom is 0.244 e. The van der Waals surface area contributed by atoms with E-state index in [0.29, 0.717) is 6.04 Å². The van der Waals surface area contributed by atoms with Crippen LogP contribution in [0.15, 0.2) is 42.7 Å². The van der Waals surface area contributed by atoms with Crippen LogP contribution in [-0.4, -0.2) is 46.8 Å². The molecule has 0 saturated carbocycles. The van der Waals surface area contributed by atoms with Crippen LogP contribution in [0.5, 0.6) is 0 Å². The molecular weight excluding hydrogens is 290 g/mol. The summed E-state index contributed by atoms with van der Waals surface area (Å²) in [6.07, 6.45) is 4.59. The molecule has 1 aromatic heterocycles. The second-order valence-corrected chi connectivity index (χ2v) is 5.95. The minimum absolute atomic E-state index is 0.109. The molecule has 6 nitrogen and oxygen atoms in total. The van der Waals surface area contributed by atoms with Crippen molar-refractivity contribution in [2.75, 3.05) is 25.5 Å². The number of likely N-dealkylation sites (N-methyl/N-ethyl adjacent to an activating group) is 1. The van der Waals surface area contributed by atoms with Crippen molar-refractivity contribution in [2.45, 2.75) is 18.5 Å². The number of aryl methyl sites for hydroxylation is 1. The fourth-order valence-electron chi connectivity index (χ4n) is 3.05. The number of hydrogen-bond acceptors (Lipinski definition) is 4. The first-order chi connectivity index (χ1) is 11.2. The van der Waals surface area contributed by atoms with Crippen molar-refractivity contribution in [1.82, 2.24) is 20.0 Å². The van der Waals surface area contributed by atoms with Gasteiger partial charge in [0.15, 0.2) is 0 Å². The molecule has 0 aliphatic carbocycles. The van der Waals surface area contributed by atoms with Gasteiger partial charge in [0.25, 0.3) is 0 Å². The second kappa shape index (κ2) is 6.83. The van der Waals surface area contributed by atoms with Crippen LogP contribution in [0.1, 0.15) is 18.0 Å². The Bertz CT molecular complexity index is 654. The number of aromatic nitrogens is 2. The average Bonchev–Trinajstić information content (AvgIpc) is 3.18. The summed E-state index contributed by atoms with van der Waals surface area (Å²) in [6, 6.07) is 10.1. The van der Waals surface area contributed by atoms with Crippen molar-refractivity contribution in [3.8, 4) is 0 Å². The first kappa shape index (κ1) is 15.6. The van der Waals surface area contributed by atoms with Gasteiger partial charge < -0.3 is 15.5 Å². The van der Waals surface area contributed by atoms with Crippen LogP contribution in [0.3, 0.4) is 0 Å². The van der Waals surface area contributed by atoms with Gasteiger partial charge >= 0.3 is 0 Å². The normalized spacial score (nSPS) is 18.9. The number of benzene rings is 1. The molecule has 1 aliphatic heterocycles. The lowest BCUT2D eigenvalue weighted by Gasteiger charge is -2.23. The van der Waals surface area contributed by atoms with Gasteiger partial charge in [-0.1, -0.05) is 18.2 Å². The van der Waals surface area contributed by atoms with E-state index in [1.54, 1.807) is 10.9 Å². The van der Waals surface area contributed by atoms with Crippen LogP contribution >= 0.6 is 0 Å². The first-order valence-electron chi connectivity index (χ1n) is 7.93. The molecular formula is C17H23N5O. The van der Waals surface area contributed by atoms with Crippen LogP contribution in [0.25, 0.3) is 0 Å². The van der Waals surface area contributed by atoms with Crippen molar-refractivity contribution in [3.05, 3.63) is 48.3 Å². The van der Waals surface area contributed by atoms with Crippen molar-refractivity contribution in [3.63, 3.8) is 0 Å². The molecule has 2 unspecified atom stereocenters. The minimum atomic E-state index is -0.334. The zero-order chi connectivity index (χ0) is 16.2.